The number of fused-ring (bicyclic) bond motifs is 1. The van der Waals surface area contributed by atoms with Crippen LogP contribution >= 0.6 is 12.4 Å². The molecule has 0 aromatic carbocycles. The van der Waals surface area contributed by atoms with Gasteiger partial charge in [-0.1, -0.05) is 0 Å². The molecule has 3 nitrogen and oxygen atoms in total. The van der Waals surface area contributed by atoms with Crippen LogP contribution in [0.4, 0.5) is 0 Å². The summed E-state index contributed by atoms with van der Waals surface area (Å²) in [6.45, 7) is 1.83. The number of aromatic nitrogens is 2. The van der Waals surface area contributed by atoms with E-state index in [1.807, 2.05) is 6.20 Å². The smallest absolute Gasteiger partial charge is 0.115 e. The van der Waals surface area contributed by atoms with Crippen LogP contribution in [-0.4, -0.2) is 9.97 Å². The predicted octanol–water partition coefficient (Wildman–Crippen LogP) is 0.502. The standard InChI is InChI=1S/C6H7N3.ClH/c1-5-2-8-4-9-6(5)3-7-1;/h2,4,7H,1,3H2;1H. The molecule has 1 N–H and O–H groups in total. The first-order valence-electron chi connectivity index (χ1n) is 2.95. The Labute approximate surface area is 65.3 Å². The number of rotatable bonds is 0. The minimum absolute atomic E-state index is 0. The van der Waals surface area contributed by atoms with Gasteiger partial charge >= 0.3 is 0 Å². The first kappa shape index (κ1) is 7.44. The fraction of sp³-hybridized carbons (Fsp3) is 0.333. The van der Waals surface area contributed by atoms with E-state index in [1.165, 1.54) is 5.56 Å². The molecule has 0 saturated carbocycles. The second-order valence-corrected chi connectivity index (χ2v) is 2.10. The zero-order chi connectivity index (χ0) is 6.10. The predicted molar refractivity (Wildman–Crippen MR) is 39.8 cm³/mol. The maximum atomic E-state index is 4.09. The molecule has 0 fully saturated rings. The molecule has 2 rings (SSSR count). The van der Waals surface area contributed by atoms with Crippen LogP contribution in [0.1, 0.15) is 11.3 Å². The van der Waals surface area contributed by atoms with Crippen molar-refractivity contribution in [3.8, 4) is 0 Å². The Morgan fingerprint density at radius 1 is 1.40 bits per heavy atom. The van der Waals surface area contributed by atoms with Gasteiger partial charge in [0.15, 0.2) is 0 Å². The molecule has 4 heteroatoms. The van der Waals surface area contributed by atoms with Gasteiger partial charge < -0.3 is 5.32 Å². The van der Waals surface area contributed by atoms with Gasteiger partial charge in [-0.15, -0.1) is 12.4 Å². The van der Waals surface area contributed by atoms with Crippen LogP contribution in [-0.2, 0) is 13.1 Å². The maximum Gasteiger partial charge on any atom is 0.115 e. The van der Waals surface area contributed by atoms with Gasteiger partial charge in [-0.2, -0.15) is 0 Å². The number of nitrogens with one attached hydrogen (secondary N) is 1. The molecule has 0 unspecified atom stereocenters. The van der Waals surface area contributed by atoms with E-state index in [0.717, 1.165) is 18.8 Å². The second-order valence-electron chi connectivity index (χ2n) is 2.10. The summed E-state index contributed by atoms with van der Waals surface area (Å²) in [6, 6.07) is 0. The molecule has 0 saturated heterocycles. The van der Waals surface area contributed by atoms with Gasteiger partial charge in [-0.3, -0.25) is 0 Å². The van der Waals surface area contributed by atoms with Crippen LogP contribution in [0.15, 0.2) is 12.5 Å². The molecule has 1 aliphatic heterocycles. The lowest BCUT2D eigenvalue weighted by Crippen LogP contribution is -2.00. The zero-order valence-electron chi connectivity index (χ0n) is 5.37. The average molecular weight is 158 g/mol. The molecule has 54 valence electrons. The first-order valence-corrected chi connectivity index (χ1v) is 2.95. The van der Waals surface area contributed by atoms with E-state index in [4.69, 9.17) is 0 Å². The summed E-state index contributed by atoms with van der Waals surface area (Å²) >= 11 is 0. The van der Waals surface area contributed by atoms with Crippen molar-refractivity contribution in [2.45, 2.75) is 13.1 Å². The van der Waals surface area contributed by atoms with E-state index in [0.29, 0.717) is 0 Å². The third-order valence-corrected chi connectivity index (χ3v) is 1.49. The highest BCUT2D eigenvalue weighted by Gasteiger charge is 2.08. The highest BCUT2D eigenvalue weighted by Crippen LogP contribution is 2.08. The van der Waals surface area contributed by atoms with Crippen LogP contribution in [0.2, 0.25) is 0 Å². The molecule has 2 heterocycles. The lowest BCUT2D eigenvalue weighted by molar-refractivity contribution is 0.757. The van der Waals surface area contributed by atoms with Crippen molar-refractivity contribution in [3.05, 3.63) is 23.8 Å². The maximum absolute atomic E-state index is 4.09. The molecule has 0 aliphatic carbocycles. The Morgan fingerprint density at radius 3 is 3.10 bits per heavy atom. The number of halogens is 1. The molecule has 10 heavy (non-hydrogen) atoms. The van der Waals surface area contributed by atoms with E-state index in [1.54, 1.807) is 6.33 Å². The van der Waals surface area contributed by atoms with Gasteiger partial charge in [-0.25, -0.2) is 9.97 Å². The molecule has 1 aliphatic rings. The fourth-order valence-corrected chi connectivity index (χ4v) is 1.01. The second kappa shape index (κ2) is 2.94. The zero-order valence-corrected chi connectivity index (χ0v) is 6.19. The highest BCUT2D eigenvalue weighted by atomic mass is 35.5. The van der Waals surface area contributed by atoms with Gasteiger partial charge in [0.05, 0.1) is 5.69 Å². The molecular weight excluding hydrogens is 150 g/mol. The Kier molecular flexibility index (Phi) is 2.19. The highest BCUT2D eigenvalue weighted by molar-refractivity contribution is 5.85. The van der Waals surface area contributed by atoms with E-state index in [9.17, 15) is 0 Å². The summed E-state index contributed by atoms with van der Waals surface area (Å²) in [5, 5.41) is 3.19. The van der Waals surface area contributed by atoms with Crippen LogP contribution in [0, 0.1) is 0 Å². The molecular formula is C6H8ClN3. The van der Waals surface area contributed by atoms with Crippen molar-refractivity contribution in [3.63, 3.8) is 0 Å². The number of hydrogen-bond acceptors (Lipinski definition) is 3. The molecule has 1 aromatic rings. The van der Waals surface area contributed by atoms with Crippen molar-refractivity contribution >= 4 is 12.4 Å². The average Bonchev–Trinajstić information content (AvgIpc) is 2.33. The summed E-state index contributed by atoms with van der Waals surface area (Å²) in [5.41, 5.74) is 2.38. The van der Waals surface area contributed by atoms with E-state index in [2.05, 4.69) is 15.3 Å². The minimum Gasteiger partial charge on any atom is -0.307 e. The van der Waals surface area contributed by atoms with E-state index >= 15 is 0 Å². The van der Waals surface area contributed by atoms with Gasteiger partial charge in [-0.05, 0) is 0 Å². The third kappa shape index (κ3) is 1.10. The number of hydrogen-bond donors (Lipinski definition) is 1. The largest absolute Gasteiger partial charge is 0.307 e. The van der Waals surface area contributed by atoms with E-state index in [-0.39, 0.29) is 12.4 Å². The molecule has 0 radical (unpaired) electrons. The summed E-state index contributed by atoms with van der Waals surface area (Å²) in [4.78, 5) is 7.99. The normalized spacial score (nSPS) is 14.0. The fourth-order valence-electron chi connectivity index (χ4n) is 1.01. The number of nitrogens with zero attached hydrogens (tertiary/aromatic N) is 2. The van der Waals surface area contributed by atoms with Crippen molar-refractivity contribution in [2.24, 2.45) is 0 Å². The lowest BCUT2D eigenvalue weighted by atomic mass is 10.3. The first-order chi connectivity index (χ1) is 4.47. The minimum atomic E-state index is 0. The van der Waals surface area contributed by atoms with Crippen molar-refractivity contribution in [2.75, 3.05) is 0 Å². The molecule has 1 aromatic heterocycles. The molecule has 0 spiro atoms. The van der Waals surface area contributed by atoms with Crippen molar-refractivity contribution in [1.29, 1.82) is 0 Å². The van der Waals surface area contributed by atoms with Crippen molar-refractivity contribution < 1.29 is 0 Å². The van der Waals surface area contributed by atoms with Gasteiger partial charge in [0.25, 0.3) is 0 Å². The van der Waals surface area contributed by atoms with E-state index < -0.39 is 0 Å². The molecule has 0 amide bonds. The SMILES string of the molecule is Cl.c1ncc2c(n1)CNC2. The summed E-state index contributed by atoms with van der Waals surface area (Å²) in [7, 11) is 0. The monoisotopic (exact) mass is 157 g/mol. The van der Waals surface area contributed by atoms with Gasteiger partial charge in [0.2, 0.25) is 0 Å². The summed E-state index contributed by atoms with van der Waals surface area (Å²) in [5.74, 6) is 0. The quantitative estimate of drug-likeness (QED) is 0.596. The third-order valence-electron chi connectivity index (χ3n) is 1.49. The Balaban J connectivity index is 0.000000500. The van der Waals surface area contributed by atoms with Crippen LogP contribution < -0.4 is 5.32 Å². The summed E-state index contributed by atoms with van der Waals surface area (Å²) < 4.78 is 0. The Morgan fingerprint density at radius 2 is 2.30 bits per heavy atom. The lowest BCUT2D eigenvalue weighted by Gasteiger charge is -1.89. The van der Waals surface area contributed by atoms with Crippen LogP contribution in [0.3, 0.4) is 0 Å². The topological polar surface area (TPSA) is 37.8 Å². The summed E-state index contributed by atoms with van der Waals surface area (Å²) in [6.07, 6.45) is 3.45. The Bertz CT molecular complexity index is 203. The van der Waals surface area contributed by atoms with Crippen molar-refractivity contribution in [1.82, 2.24) is 15.3 Å². The van der Waals surface area contributed by atoms with Gasteiger partial charge in [0.1, 0.15) is 6.33 Å². The van der Waals surface area contributed by atoms with Crippen LogP contribution in [0.25, 0.3) is 0 Å². The molecule has 0 atom stereocenters. The van der Waals surface area contributed by atoms with Crippen LogP contribution in [0.5, 0.6) is 0 Å². The van der Waals surface area contributed by atoms with Gasteiger partial charge in [0, 0.05) is 24.8 Å². The molecule has 0 bridgehead atoms. The Hall–Kier alpha value is -0.670.